The summed E-state index contributed by atoms with van der Waals surface area (Å²) in [5.74, 6) is -1.14. The second kappa shape index (κ2) is 5.63. The number of halogens is 1. The van der Waals surface area contributed by atoms with Crippen molar-refractivity contribution in [3.8, 4) is 0 Å². The summed E-state index contributed by atoms with van der Waals surface area (Å²) >= 11 is 0. The van der Waals surface area contributed by atoms with E-state index in [2.05, 4.69) is 5.32 Å². The molecule has 1 atom stereocenters. The van der Waals surface area contributed by atoms with E-state index in [4.69, 9.17) is 10.8 Å². The molecule has 0 aromatic heterocycles. The van der Waals surface area contributed by atoms with Crippen LogP contribution in [0.3, 0.4) is 0 Å². The number of rotatable bonds is 4. The van der Waals surface area contributed by atoms with Crippen molar-refractivity contribution in [3.63, 3.8) is 0 Å². The van der Waals surface area contributed by atoms with Crippen molar-refractivity contribution in [1.82, 2.24) is 5.32 Å². The highest BCUT2D eigenvalue weighted by Gasteiger charge is 2.18. The number of anilines is 1. The molecule has 0 aliphatic heterocycles. The van der Waals surface area contributed by atoms with Gasteiger partial charge in [-0.1, -0.05) is 13.8 Å². The Morgan fingerprint density at radius 2 is 2.18 bits per heavy atom. The number of hydrogen-bond donors (Lipinski definition) is 3. The average molecular weight is 240 g/mol. The zero-order chi connectivity index (χ0) is 13.0. The molecule has 0 bridgehead atoms. The van der Waals surface area contributed by atoms with Crippen molar-refractivity contribution in [1.29, 1.82) is 0 Å². The number of carbonyl (C=O) groups excluding carboxylic acids is 1. The van der Waals surface area contributed by atoms with E-state index in [1.165, 1.54) is 12.1 Å². The second-order valence-electron chi connectivity index (χ2n) is 4.25. The quantitative estimate of drug-likeness (QED) is 0.691. The number of nitrogen functional groups attached to an aromatic ring is 1. The van der Waals surface area contributed by atoms with Gasteiger partial charge >= 0.3 is 0 Å². The number of hydrogen-bond acceptors (Lipinski definition) is 3. The van der Waals surface area contributed by atoms with Crippen LogP contribution in [0, 0.1) is 11.7 Å². The summed E-state index contributed by atoms with van der Waals surface area (Å²) in [6.07, 6.45) is 0. The molecule has 1 aromatic rings. The van der Waals surface area contributed by atoms with Crippen LogP contribution in [-0.2, 0) is 0 Å². The molecule has 0 aliphatic carbocycles. The van der Waals surface area contributed by atoms with Gasteiger partial charge < -0.3 is 16.2 Å². The van der Waals surface area contributed by atoms with E-state index >= 15 is 0 Å². The Morgan fingerprint density at radius 3 is 2.65 bits per heavy atom. The second-order valence-corrected chi connectivity index (χ2v) is 4.25. The van der Waals surface area contributed by atoms with Crippen LogP contribution in [0.25, 0.3) is 0 Å². The molecule has 94 valence electrons. The maximum atomic E-state index is 13.5. The van der Waals surface area contributed by atoms with Gasteiger partial charge in [-0.25, -0.2) is 4.39 Å². The molecule has 0 heterocycles. The Bertz CT molecular complexity index is 407. The van der Waals surface area contributed by atoms with Gasteiger partial charge in [-0.3, -0.25) is 4.79 Å². The molecule has 0 radical (unpaired) electrons. The van der Waals surface area contributed by atoms with Gasteiger partial charge in [-0.15, -0.1) is 0 Å². The molecule has 0 saturated heterocycles. The van der Waals surface area contributed by atoms with Gasteiger partial charge in [-0.2, -0.15) is 0 Å². The van der Waals surface area contributed by atoms with Crippen LogP contribution in [0.5, 0.6) is 0 Å². The number of carbonyl (C=O) groups is 1. The van der Waals surface area contributed by atoms with E-state index in [9.17, 15) is 9.18 Å². The van der Waals surface area contributed by atoms with E-state index in [1.54, 1.807) is 0 Å². The highest BCUT2D eigenvalue weighted by Crippen LogP contribution is 2.12. The molecule has 5 heteroatoms. The zero-order valence-electron chi connectivity index (χ0n) is 9.90. The van der Waals surface area contributed by atoms with Crippen LogP contribution in [0.1, 0.15) is 24.2 Å². The number of amides is 1. The molecule has 1 rings (SSSR count). The minimum Gasteiger partial charge on any atom is -0.399 e. The standard InChI is InChI=1S/C12H17FN2O2/c1-7(2)11(6-16)15-12(17)9-4-3-8(14)5-10(9)13/h3-5,7,11,16H,6,14H2,1-2H3,(H,15,17)/t11-/m1/s1. The maximum Gasteiger partial charge on any atom is 0.254 e. The predicted molar refractivity (Wildman–Crippen MR) is 64.0 cm³/mol. The molecule has 0 spiro atoms. The molecule has 0 fully saturated rings. The van der Waals surface area contributed by atoms with Gasteiger partial charge in [0.15, 0.2) is 0 Å². The summed E-state index contributed by atoms with van der Waals surface area (Å²) in [6, 6.07) is 3.49. The summed E-state index contributed by atoms with van der Waals surface area (Å²) in [5, 5.41) is 11.7. The van der Waals surface area contributed by atoms with E-state index in [1.807, 2.05) is 13.8 Å². The van der Waals surface area contributed by atoms with E-state index in [0.717, 1.165) is 6.07 Å². The van der Waals surface area contributed by atoms with Crippen molar-refractivity contribution in [3.05, 3.63) is 29.6 Å². The molecule has 1 amide bonds. The number of nitrogens with two attached hydrogens (primary N) is 1. The summed E-state index contributed by atoms with van der Waals surface area (Å²) < 4.78 is 13.5. The first-order chi connectivity index (χ1) is 7.95. The van der Waals surface area contributed by atoms with Gasteiger partial charge in [0.05, 0.1) is 18.2 Å². The molecule has 17 heavy (non-hydrogen) atoms. The highest BCUT2D eigenvalue weighted by molar-refractivity contribution is 5.95. The molecule has 0 unspecified atom stereocenters. The Balaban J connectivity index is 2.82. The van der Waals surface area contributed by atoms with Crippen molar-refractivity contribution < 1.29 is 14.3 Å². The fourth-order valence-corrected chi connectivity index (χ4v) is 1.38. The minimum absolute atomic E-state index is 0.0702. The lowest BCUT2D eigenvalue weighted by atomic mass is 10.0. The first-order valence-electron chi connectivity index (χ1n) is 5.42. The van der Waals surface area contributed by atoms with Crippen molar-refractivity contribution in [2.45, 2.75) is 19.9 Å². The molecular weight excluding hydrogens is 223 g/mol. The third kappa shape index (κ3) is 3.42. The van der Waals surface area contributed by atoms with E-state index in [-0.39, 0.29) is 29.8 Å². The summed E-state index contributed by atoms with van der Waals surface area (Å²) in [7, 11) is 0. The zero-order valence-corrected chi connectivity index (χ0v) is 9.90. The SMILES string of the molecule is CC(C)[C@@H](CO)NC(=O)c1ccc(N)cc1F. The normalized spacial score (nSPS) is 12.5. The first-order valence-corrected chi connectivity index (χ1v) is 5.42. The fourth-order valence-electron chi connectivity index (χ4n) is 1.38. The molecular formula is C12H17FN2O2. The third-order valence-electron chi connectivity index (χ3n) is 2.56. The smallest absolute Gasteiger partial charge is 0.254 e. The molecule has 0 aliphatic rings. The highest BCUT2D eigenvalue weighted by atomic mass is 19.1. The van der Waals surface area contributed by atoms with Crippen molar-refractivity contribution in [2.24, 2.45) is 5.92 Å². The summed E-state index contributed by atoms with van der Waals surface area (Å²) in [4.78, 5) is 11.7. The van der Waals surface area contributed by atoms with Gasteiger partial charge in [0.25, 0.3) is 5.91 Å². The van der Waals surface area contributed by atoms with E-state index < -0.39 is 11.7 Å². The lowest BCUT2D eigenvalue weighted by Gasteiger charge is -2.20. The monoisotopic (exact) mass is 240 g/mol. The van der Waals surface area contributed by atoms with Gasteiger partial charge in [0, 0.05) is 5.69 Å². The molecule has 0 saturated carbocycles. The molecule has 4 nitrogen and oxygen atoms in total. The van der Waals surface area contributed by atoms with Crippen LogP contribution in [0.4, 0.5) is 10.1 Å². The number of nitrogens with one attached hydrogen (secondary N) is 1. The topological polar surface area (TPSA) is 75.3 Å². The minimum atomic E-state index is -0.664. The number of benzene rings is 1. The summed E-state index contributed by atoms with van der Waals surface area (Å²) in [5.41, 5.74) is 5.59. The van der Waals surface area contributed by atoms with Crippen molar-refractivity contribution in [2.75, 3.05) is 12.3 Å². The first kappa shape index (κ1) is 13.4. The molecule has 4 N–H and O–H groups in total. The number of aliphatic hydroxyl groups excluding tert-OH is 1. The molecule has 1 aromatic carbocycles. The average Bonchev–Trinajstić information content (AvgIpc) is 2.24. The fraction of sp³-hybridized carbons (Fsp3) is 0.417. The third-order valence-corrected chi connectivity index (χ3v) is 2.56. The van der Waals surface area contributed by atoms with Crippen LogP contribution in [0.2, 0.25) is 0 Å². The predicted octanol–water partition coefficient (Wildman–Crippen LogP) is 1.15. The van der Waals surface area contributed by atoms with Crippen LogP contribution < -0.4 is 11.1 Å². The lowest BCUT2D eigenvalue weighted by Crippen LogP contribution is -2.41. The Labute approximate surface area is 99.6 Å². The number of aliphatic hydroxyl groups is 1. The van der Waals surface area contributed by atoms with Gasteiger partial charge in [0.2, 0.25) is 0 Å². The van der Waals surface area contributed by atoms with Crippen molar-refractivity contribution >= 4 is 11.6 Å². The van der Waals surface area contributed by atoms with Crippen LogP contribution in [-0.4, -0.2) is 23.7 Å². The Morgan fingerprint density at radius 1 is 1.53 bits per heavy atom. The Hall–Kier alpha value is -1.62. The maximum absolute atomic E-state index is 13.5. The largest absolute Gasteiger partial charge is 0.399 e. The Kier molecular flexibility index (Phi) is 4.45. The van der Waals surface area contributed by atoms with Gasteiger partial charge in [0.1, 0.15) is 5.82 Å². The van der Waals surface area contributed by atoms with Gasteiger partial charge in [-0.05, 0) is 24.1 Å². The van der Waals surface area contributed by atoms with Crippen LogP contribution >= 0.6 is 0 Å². The van der Waals surface area contributed by atoms with E-state index in [0.29, 0.717) is 0 Å². The lowest BCUT2D eigenvalue weighted by molar-refractivity contribution is 0.0893. The van der Waals surface area contributed by atoms with Crippen LogP contribution in [0.15, 0.2) is 18.2 Å². The summed E-state index contributed by atoms with van der Waals surface area (Å²) in [6.45, 7) is 3.54.